The molecule has 0 spiro atoms. The van der Waals surface area contributed by atoms with Gasteiger partial charge in [-0.1, -0.05) is 12.2 Å². The number of nitrogens with one attached hydrogen (secondary N) is 1. The number of rotatable bonds is 3. The van der Waals surface area contributed by atoms with Crippen molar-refractivity contribution in [3.05, 3.63) is 23.0 Å². The van der Waals surface area contributed by atoms with Crippen LogP contribution >= 0.6 is 27.0 Å². The highest BCUT2D eigenvalue weighted by molar-refractivity contribution is 9.08. The fourth-order valence-corrected chi connectivity index (χ4v) is 2.60. The molecule has 0 fully saturated rings. The van der Waals surface area contributed by atoms with E-state index in [4.69, 9.17) is 0 Å². The summed E-state index contributed by atoms with van der Waals surface area (Å²) < 4.78 is 2.96. The molecule has 0 saturated carbocycles. The SMILES string of the molecule is BrNCC[SH]1C=CC=C1. The Labute approximate surface area is 66.9 Å². The van der Waals surface area contributed by atoms with E-state index in [0.717, 1.165) is 6.54 Å². The fraction of sp³-hybridized carbons (Fsp3) is 0.333. The quantitative estimate of drug-likeness (QED) is 0.533. The van der Waals surface area contributed by atoms with Crippen LogP contribution in [-0.4, -0.2) is 12.3 Å². The molecule has 0 aromatic carbocycles. The summed E-state index contributed by atoms with van der Waals surface area (Å²) in [6.45, 7) is 1.06. The lowest BCUT2D eigenvalue weighted by molar-refractivity contribution is 1.07. The lowest BCUT2D eigenvalue weighted by Crippen LogP contribution is -2.03. The molecular weight excluding hydrogens is 198 g/mol. The maximum absolute atomic E-state index is 3.17. The second-order valence-corrected chi connectivity index (χ2v) is 4.44. The zero-order valence-corrected chi connectivity index (χ0v) is 7.53. The van der Waals surface area contributed by atoms with E-state index in [1.165, 1.54) is 5.75 Å². The van der Waals surface area contributed by atoms with Gasteiger partial charge in [0.25, 0.3) is 0 Å². The minimum absolute atomic E-state index is 0.0954. The van der Waals surface area contributed by atoms with Gasteiger partial charge in [-0.15, -0.1) is 0 Å². The molecule has 0 unspecified atom stereocenters. The first-order chi connectivity index (χ1) is 4.43. The van der Waals surface area contributed by atoms with E-state index in [1.807, 2.05) is 0 Å². The zero-order chi connectivity index (χ0) is 6.53. The van der Waals surface area contributed by atoms with Gasteiger partial charge in [0.2, 0.25) is 0 Å². The van der Waals surface area contributed by atoms with E-state index in [0.29, 0.717) is 0 Å². The van der Waals surface area contributed by atoms with E-state index in [1.54, 1.807) is 0 Å². The van der Waals surface area contributed by atoms with Crippen LogP contribution < -0.4 is 4.34 Å². The number of hydrogen-bond donors (Lipinski definition) is 2. The van der Waals surface area contributed by atoms with Gasteiger partial charge >= 0.3 is 0 Å². The number of halogens is 1. The highest BCUT2D eigenvalue weighted by Crippen LogP contribution is 2.31. The van der Waals surface area contributed by atoms with E-state index in [-0.39, 0.29) is 10.9 Å². The van der Waals surface area contributed by atoms with Crippen molar-refractivity contribution < 1.29 is 0 Å². The molecule has 52 valence electrons. The van der Waals surface area contributed by atoms with Gasteiger partial charge in [-0.25, -0.2) is 10.9 Å². The first kappa shape index (κ1) is 7.38. The summed E-state index contributed by atoms with van der Waals surface area (Å²) in [6, 6.07) is 0. The Kier molecular flexibility index (Phi) is 3.40. The number of allylic oxidation sites excluding steroid dienone is 2. The normalized spacial score (nSPS) is 19.4. The molecule has 1 aliphatic rings. The summed E-state index contributed by atoms with van der Waals surface area (Å²) in [4.78, 5) is 0. The van der Waals surface area contributed by atoms with Gasteiger partial charge in [0, 0.05) is 22.7 Å². The molecule has 1 rings (SSSR count). The summed E-state index contributed by atoms with van der Waals surface area (Å²) in [5, 5.41) is 4.55. The molecule has 0 aliphatic carbocycles. The van der Waals surface area contributed by atoms with Crippen molar-refractivity contribution in [3.8, 4) is 0 Å². The number of hydrogen-bond acceptors (Lipinski definition) is 1. The van der Waals surface area contributed by atoms with Crippen molar-refractivity contribution in [1.82, 2.24) is 4.34 Å². The van der Waals surface area contributed by atoms with Gasteiger partial charge in [-0.3, -0.25) is 4.34 Å². The first-order valence-electron chi connectivity index (χ1n) is 2.88. The van der Waals surface area contributed by atoms with Crippen LogP contribution in [0, 0.1) is 0 Å². The second-order valence-electron chi connectivity index (χ2n) is 1.80. The molecule has 1 nitrogen and oxygen atoms in total. The monoisotopic (exact) mass is 207 g/mol. The van der Waals surface area contributed by atoms with E-state index >= 15 is 0 Å². The molecule has 1 aliphatic heterocycles. The summed E-state index contributed by atoms with van der Waals surface area (Å²) >= 11 is 3.17. The molecule has 0 saturated heterocycles. The molecule has 3 heteroatoms. The predicted molar refractivity (Wildman–Crippen MR) is 49.1 cm³/mol. The van der Waals surface area contributed by atoms with Crippen LogP contribution in [-0.2, 0) is 0 Å². The Morgan fingerprint density at radius 3 is 2.56 bits per heavy atom. The Balaban J connectivity index is 2.13. The highest BCUT2D eigenvalue weighted by Gasteiger charge is 1.95. The fourth-order valence-electron chi connectivity index (χ4n) is 0.691. The van der Waals surface area contributed by atoms with Crippen molar-refractivity contribution in [2.45, 2.75) is 0 Å². The maximum atomic E-state index is 3.17. The molecular formula is C6H10BrNS. The van der Waals surface area contributed by atoms with Crippen molar-refractivity contribution in [3.63, 3.8) is 0 Å². The average molecular weight is 208 g/mol. The van der Waals surface area contributed by atoms with Crippen LogP contribution in [0.15, 0.2) is 23.0 Å². The van der Waals surface area contributed by atoms with Gasteiger partial charge in [0.05, 0.1) is 0 Å². The number of thiol groups is 1. The smallest absolute Gasteiger partial charge is 0.0141 e. The van der Waals surface area contributed by atoms with Gasteiger partial charge < -0.3 is 0 Å². The Bertz CT molecular complexity index is 121. The van der Waals surface area contributed by atoms with Gasteiger partial charge in [0.1, 0.15) is 0 Å². The van der Waals surface area contributed by atoms with Crippen LogP contribution in [0.4, 0.5) is 0 Å². The minimum Gasteiger partial charge on any atom is -0.255 e. The minimum atomic E-state index is 0.0954. The second kappa shape index (κ2) is 4.14. The Morgan fingerprint density at radius 2 is 2.00 bits per heavy atom. The molecule has 1 N–H and O–H groups in total. The standard InChI is InChI=1S/C6H10BrNS/c7-8-3-6-9-4-1-2-5-9/h1-2,4-5,8-9H,3,6H2. The third-order valence-corrected chi connectivity index (χ3v) is 3.38. The molecule has 0 aromatic heterocycles. The van der Waals surface area contributed by atoms with Gasteiger partial charge in [0.15, 0.2) is 0 Å². The molecule has 0 amide bonds. The lowest BCUT2D eigenvalue weighted by atomic mass is 10.6. The molecule has 0 atom stereocenters. The Hall–Kier alpha value is 0.270. The van der Waals surface area contributed by atoms with E-state index in [9.17, 15) is 0 Å². The lowest BCUT2D eigenvalue weighted by Gasteiger charge is -2.06. The molecule has 0 aromatic rings. The van der Waals surface area contributed by atoms with Crippen LogP contribution in [0.1, 0.15) is 0 Å². The van der Waals surface area contributed by atoms with Crippen molar-refractivity contribution >= 4 is 27.0 Å². The van der Waals surface area contributed by atoms with Gasteiger partial charge in [-0.05, 0) is 16.6 Å². The average Bonchev–Trinajstić information content (AvgIpc) is 2.34. The van der Waals surface area contributed by atoms with E-state index in [2.05, 4.69) is 43.5 Å². The van der Waals surface area contributed by atoms with Crippen LogP contribution in [0.3, 0.4) is 0 Å². The summed E-state index contributed by atoms with van der Waals surface area (Å²) in [5.74, 6) is 1.24. The molecule has 0 radical (unpaired) electrons. The summed E-state index contributed by atoms with van der Waals surface area (Å²) in [5.41, 5.74) is 0. The van der Waals surface area contributed by atoms with Crippen LogP contribution in [0.5, 0.6) is 0 Å². The first-order valence-corrected chi connectivity index (χ1v) is 5.33. The highest BCUT2D eigenvalue weighted by atomic mass is 79.9. The Morgan fingerprint density at radius 1 is 1.33 bits per heavy atom. The van der Waals surface area contributed by atoms with Crippen molar-refractivity contribution in [2.75, 3.05) is 12.3 Å². The van der Waals surface area contributed by atoms with Crippen molar-refractivity contribution in [1.29, 1.82) is 0 Å². The maximum Gasteiger partial charge on any atom is 0.0141 e. The molecule has 1 heterocycles. The zero-order valence-electron chi connectivity index (χ0n) is 5.05. The van der Waals surface area contributed by atoms with Gasteiger partial charge in [-0.2, -0.15) is 0 Å². The summed E-state index contributed by atoms with van der Waals surface area (Å²) in [7, 11) is 0.0954. The van der Waals surface area contributed by atoms with E-state index < -0.39 is 0 Å². The van der Waals surface area contributed by atoms with Crippen LogP contribution in [0.25, 0.3) is 0 Å². The van der Waals surface area contributed by atoms with Crippen LogP contribution in [0.2, 0.25) is 0 Å². The predicted octanol–water partition coefficient (Wildman–Crippen LogP) is 1.93. The summed E-state index contributed by atoms with van der Waals surface area (Å²) in [6.07, 6.45) is 4.25. The third-order valence-electron chi connectivity index (χ3n) is 1.13. The largest absolute Gasteiger partial charge is 0.255 e. The topological polar surface area (TPSA) is 12.0 Å². The molecule has 0 bridgehead atoms. The van der Waals surface area contributed by atoms with Crippen molar-refractivity contribution in [2.24, 2.45) is 0 Å². The third kappa shape index (κ3) is 2.56. The molecule has 9 heavy (non-hydrogen) atoms.